The SMILES string of the molecule is CC(CCO)CNc1ncc(Br)cc1Br. The number of aromatic nitrogens is 1. The number of nitrogens with zero attached hydrogens (tertiary/aromatic N) is 1. The molecule has 1 aromatic heterocycles. The molecule has 0 spiro atoms. The number of halogens is 2. The number of pyridine rings is 1. The first-order valence-electron chi connectivity index (χ1n) is 4.79. The maximum atomic E-state index is 8.77. The van der Waals surface area contributed by atoms with Crippen molar-refractivity contribution in [3.63, 3.8) is 0 Å². The van der Waals surface area contributed by atoms with E-state index in [0.717, 1.165) is 27.7 Å². The van der Waals surface area contributed by atoms with E-state index in [2.05, 4.69) is 49.1 Å². The first-order chi connectivity index (χ1) is 7.13. The second-order valence-electron chi connectivity index (χ2n) is 3.48. The number of nitrogens with one attached hydrogen (secondary N) is 1. The fraction of sp³-hybridized carbons (Fsp3) is 0.500. The third-order valence-electron chi connectivity index (χ3n) is 2.05. The molecule has 0 radical (unpaired) electrons. The standard InChI is InChI=1S/C10H14Br2N2O/c1-7(2-3-15)5-13-10-9(12)4-8(11)6-14-10/h4,6-7,15H,2-3,5H2,1H3,(H,13,14). The minimum absolute atomic E-state index is 0.234. The lowest BCUT2D eigenvalue weighted by Gasteiger charge is -2.12. The second-order valence-corrected chi connectivity index (χ2v) is 5.25. The minimum atomic E-state index is 0.234. The summed E-state index contributed by atoms with van der Waals surface area (Å²) in [7, 11) is 0. The Labute approximate surface area is 107 Å². The Morgan fingerprint density at radius 1 is 1.53 bits per heavy atom. The molecule has 0 aliphatic carbocycles. The monoisotopic (exact) mass is 336 g/mol. The van der Waals surface area contributed by atoms with Crippen LogP contribution < -0.4 is 5.32 Å². The maximum Gasteiger partial charge on any atom is 0.140 e. The van der Waals surface area contributed by atoms with E-state index in [-0.39, 0.29) is 6.61 Å². The summed E-state index contributed by atoms with van der Waals surface area (Å²) >= 11 is 6.78. The molecule has 15 heavy (non-hydrogen) atoms. The van der Waals surface area contributed by atoms with Crippen molar-refractivity contribution in [2.75, 3.05) is 18.5 Å². The van der Waals surface area contributed by atoms with Gasteiger partial charge in [-0.15, -0.1) is 0 Å². The van der Waals surface area contributed by atoms with Gasteiger partial charge >= 0.3 is 0 Å². The van der Waals surface area contributed by atoms with Gasteiger partial charge in [0.05, 0.1) is 4.47 Å². The summed E-state index contributed by atoms with van der Waals surface area (Å²) in [4.78, 5) is 4.24. The molecule has 0 saturated heterocycles. The predicted molar refractivity (Wildman–Crippen MR) is 69.0 cm³/mol. The molecule has 0 saturated carbocycles. The highest BCUT2D eigenvalue weighted by molar-refractivity contribution is 9.11. The van der Waals surface area contributed by atoms with Crippen LogP contribution in [-0.4, -0.2) is 23.2 Å². The van der Waals surface area contributed by atoms with Crippen molar-refractivity contribution in [2.45, 2.75) is 13.3 Å². The molecule has 1 heterocycles. The van der Waals surface area contributed by atoms with Crippen molar-refractivity contribution in [1.29, 1.82) is 0 Å². The molecule has 0 aliphatic rings. The van der Waals surface area contributed by atoms with Crippen LogP contribution >= 0.6 is 31.9 Å². The summed E-state index contributed by atoms with van der Waals surface area (Å²) in [5.74, 6) is 1.27. The molecule has 1 rings (SSSR count). The smallest absolute Gasteiger partial charge is 0.140 e. The zero-order valence-corrected chi connectivity index (χ0v) is 11.7. The zero-order valence-electron chi connectivity index (χ0n) is 8.50. The first-order valence-corrected chi connectivity index (χ1v) is 6.38. The van der Waals surface area contributed by atoms with Gasteiger partial charge in [-0.05, 0) is 50.3 Å². The summed E-state index contributed by atoms with van der Waals surface area (Å²) < 4.78 is 1.89. The Morgan fingerprint density at radius 3 is 2.87 bits per heavy atom. The summed E-state index contributed by atoms with van der Waals surface area (Å²) in [6, 6.07) is 1.95. The van der Waals surface area contributed by atoms with Gasteiger partial charge in [-0.3, -0.25) is 0 Å². The predicted octanol–water partition coefficient (Wildman–Crippen LogP) is 3.04. The molecule has 2 N–H and O–H groups in total. The van der Waals surface area contributed by atoms with Crippen LogP contribution in [0.3, 0.4) is 0 Å². The number of rotatable bonds is 5. The summed E-state index contributed by atoms with van der Waals surface area (Å²) in [6.07, 6.45) is 2.56. The number of hydrogen-bond donors (Lipinski definition) is 2. The average Bonchev–Trinajstić information content (AvgIpc) is 2.17. The van der Waals surface area contributed by atoms with Crippen LogP contribution in [0.2, 0.25) is 0 Å². The highest BCUT2D eigenvalue weighted by atomic mass is 79.9. The largest absolute Gasteiger partial charge is 0.396 e. The quantitative estimate of drug-likeness (QED) is 0.868. The Hall–Kier alpha value is -0.130. The molecule has 1 atom stereocenters. The van der Waals surface area contributed by atoms with E-state index in [1.165, 1.54) is 0 Å². The molecule has 3 nitrogen and oxygen atoms in total. The van der Waals surface area contributed by atoms with E-state index in [0.29, 0.717) is 5.92 Å². The Kier molecular flexibility index (Phi) is 5.56. The minimum Gasteiger partial charge on any atom is -0.396 e. The third-order valence-corrected chi connectivity index (χ3v) is 3.09. The van der Waals surface area contributed by atoms with Gasteiger partial charge in [0.25, 0.3) is 0 Å². The van der Waals surface area contributed by atoms with E-state index in [9.17, 15) is 0 Å². The van der Waals surface area contributed by atoms with Crippen LogP contribution in [0.25, 0.3) is 0 Å². The highest BCUT2D eigenvalue weighted by Gasteiger charge is 2.04. The van der Waals surface area contributed by atoms with Gasteiger partial charge in [-0.25, -0.2) is 4.98 Å². The fourth-order valence-electron chi connectivity index (χ4n) is 1.14. The Morgan fingerprint density at radius 2 is 2.27 bits per heavy atom. The van der Waals surface area contributed by atoms with Crippen LogP contribution in [0, 0.1) is 5.92 Å². The lowest BCUT2D eigenvalue weighted by Crippen LogP contribution is -2.13. The first kappa shape index (κ1) is 12.9. The molecule has 0 fully saturated rings. The maximum absolute atomic E-state index is 8.77. The molecule has 0 aliphatic heterocycles. The Bertz CT molecular complexity index is 320. The van der Waals surface area contributed by atoms with Gasteiger partial charge in [0.1, 0.15) is 5.82 Å². The summed E-state index contributed by atoms with van der Waals surface area (Å²) in [5.41, 5.74) is 0. The van der Waals surface area contributed by atoms with Gasteiger partial charge in [-0.1, -0.05) is 6.92 Å². The average molecular weight is 338 g/mol. The topological polar surface area (TPSA) is 45.1 Å². The van der Waals surface area contributed by atoms with Crippen molar-refractivity contribution in [2.24, 2.45) is 5.92 Å². The molecule has 0 bridgehead atoms. The second kappa shape index (κ2) is 6.45. The lowest BCUT2D eigenvalue weighted by molar-refractivity contribution is 0.266. The third kappa shape index (κ3) is 4.49. The molecular weight excluding hydrogens is 324 g/mol. The molecule has 84 valence electrons. The van der Waals surface area contributed by atoms with E-state index >= 15 is 0 Å². The van der Waals surface area contributed by atoms with Crippen molar-refractivity contribution < 1.29 is 5.11 Å². The fourth-order valence-corrected chi connectivity index (χ4v) is 2.27. The van der Waals surface area contributed by atoms with Crippen LogP contribution in [0.15, 0.2) is 21.2 Å². The van der Waals surface area contributed by atoms with Gasteiger partial charge in [0.15, 0.2) is 0 Å². The summed E-state index contributed by atoms with van der Waals surface area (Å²) in [5, 5.41) is 12.0. The molecule has 1 aromatic rings. The molecule has 0 aromatic carbocycles. The lowest BCUT2D eigenvalue weighted by atomic mass is 10.1. The normalized spacial score (nSPS) is 12.5. The van der Waals surface area contributed by atoms with Crippen molar-refractivity contribution in [1.82, 2.24) is 4.98 Å². The van der Waals surface area contributed by atoms with E-state index in [4.69, 9.17) is 5.11 Å². The van der Waals surface area contributed by atoms with Gasteiger partial charge in [0.2, 0.25) is 0 Å². The van der Waals surface area contributed by atoms with E-state index in [1.54, 1.807) is 6.20 Å². The molecule has 0 amide bonds. The number of aliphatic hydroxyl groups is 1. The van der Waals surface area contributed by atoms with Gasteiger partial charge < -0.3 is 10.4 Å². The van der Waals surface area contributed by atoms with E-state index in [1.807, 2.05) is 6.07 Å². The van der Waals surface area contributed by atoms with Crippen LogP contribution in [-0.2, 0) is 0 Å². The molecule has 5 heteroatoms. The van der Waals surface area contributed by atoms with Gasteiger partial charge in [-0.2, -0.15) is 0 Å². The summed E-state index contributed by atoms with van der Waals surface area (Å²) in [6.45, 7) is 3.14. The van der Waals surface area contributed by atoms with Crippen molar-refractivity contribution in [3.05, 3.63) is 21.2 Å². The highest BCUT2D eigenvalue weighted by Crippen LogP contribution is 2.23. The Balaban J connectivity index is 2.50. The zero-order chi connectivity index (χ0) is 11.3. The van der Waals surface area contributed by atoms with Crippen LogP contribution in [0.5, 0.6) is 0 Å². The molecule has 1 unspecified atom stereocenters. The molecular formula is C10H14Br2N2O. The van der Waals surface area contributed by atoms with Crippen LogP contribution in [0.4, 0.5) is 5.82 Å². The van der Waals surface area contributed by atoms with E-state index < -0.39 is 0 Å². The van der Waals surface area contributed by atoms with Crippen molar-refractivity contribution >= 4 is 37.7 Å². The number of anilines is 1. The number of hydrogen-bond acceptors (Lipinski definition) is 3. The number of aliphatic hydroxyl groups excluding tert-OH is 1. The van der Waals surface area contributed by atoms with Crippen LogP contribution in [0.1, 0.15) is 13.3 Å². The van der Waals surface area contributed by atoms with Gasteiger partial charge in [0, 0.05) is 23.8 Å². The van der Waals surface area contributed by atoms with Crippen molar-refractivity contribution in [3.8, 4) is 0 Å².